The molecule has 0 saturated carbocycles. The van der Waals surface area contributed by atoms with Crippen LogP contribution in [0.3, 0.4) is 0 Å². The molecule has 1 amide bonds. The Morgan fingerprint density at radius 1 is 1.23 bits per heavy atom. The van der Waals surface area contributed by atoms with E-state index in [9.17, 15) is 22.4 Å². The highest BCUT2D eigenvalue weighted by Gasteiger charge is 2.35. The molecule has 1 heterocycles. The number of nitrogens with zero attached hydrogens (tertiary/aromatic N) is 1. The molecule has 0 saturated heterocycles. The van der Waals surface area contributed by atoms with Crippen molar-refractivity contribution in [1.82, 2.24) is 4.98 Å². The van der Waals surface area contributed by atoms with Gasteiger partial charge in [0.2, 0.25) is 5.91 Å². The van der Waals surface area contributed by atoms with Crippen molar-refractivity contribution in [3.05, 3.63) is 59.6 Å². The van der Waals surface area contributed by atoms with E-state index in [4.69, 9.17) is 16.2 Å². The van der Waals surface area contributed by atoms with Crippen LogP contribution in [-0.2, 0) is 6.18 Å². The second-order valence-corrected chi connectivity index (χ2v) is 5.27. The number of amides is 1. The average Bonchev–Trinajstić information content (AvgIpc) is 2.62. The highest BCUT2D eigenvalue weighted by Crippen LogP contribution is 2.36. The van der Waals surface area contributed by atoms with E-state index in [-0.39, 0.29) is 35.5 Å². The summed E-state index contributed by atoms with van der Waals surface area (Å²) in [4.78, 5) is 14.8. The van der Waals surface area contributed by atoms with Crippen LogP contribution in [0.15, 0.2) is 48.4 Å². The molecule has 9 heteroatoms. The van der Waals surface area contributed by atoms with Gasteiger partial charge in [-0.3, -0.25) is 9.78 Å². The number of nitrogens with two attached hydrogens (primary N) is 2. The molecule has 0 bridgehead atoms. The van der Waals surface area contributed by atoms with Gasteiger partial charge in [0.05, 0.1) is 23.2 Å². The van der Waals surface area contributed by atoms with Crippen molar-refractivity contribution in [2.45, 2.75) is 6.18 Å². The standard InChI is InChI=1S/C17H15F4N3O2/c18-6-10(7-22)9-26-13-3-1-11(2-4-13)15-14(17(19,20)21)5-12(8-24-15)16(23)25/h1-6,8H,7,9,22H2,(H2,23,25)/b10-6+. The summed E-state index contributed by atoms with van der Waals surface area (Å²) in [5, 5.41) is 0. The molecule has 2 aromatic rings. The molecule has 0 fully saturated rings. The monoisotopic (exact) mass is 369 g/mol. The first-order valence-electron chi connectivity index (χ1n) is 7.34. The number of pyridine rings is 1. The maximum Gasteiger partial charge on any atom is 0.418 e. The van der Waals surface area contributed by atoms with Crippen molar-refractivity contribution in [2.75, 3.05) is 13.2 Å². The molecule has 138 valence electrons. The largest absolute Gasteiger partial charge is 0.489 e. The van der Waals surface area contributed by atoms with Gasteiger partial charge in [-0.1, -0.05) is 0 Å². The van der Waals surface area contributed by atoms with E-state index in [1.807, 2.05) is 0 Å². The van der Waals surface area contributed by atoms with Crippen molar-refractivity contribution in [3.63, 3.8) is 0 Å². The van der Waals surface area contributed by atoms with E-state index in [0.717, 1.165) is 6.20 Å². The highest BCUT2D eigenvalue weighted by molar-refractivity contribution is 5.93. The summed E-state index contributed by atoms with van der Waals surface area (Å²) < 4.78 is 57.5. The SMILES string of the molecule is NC/C(=C\F)COc1ccc(-c2ncc(C(N)=O)cc2C(F)(F)F)cc1. The van der Waals surface area contributed by atoms with Gasteiger partial charge in [-0.05, 0) is 30.3 Å². The molecule has 0 spiro atoms. The maximum absolute atomic E-state index is 13.3. The number of hydrogen-bond acceptors (Lipinski definition) is 4. The van der Waals surface area contributed by atoms with E-state index in [2.05, 4.69) is 4.98 Å². The molecule has 5 nitrogen and oxygen atoms in total. The summed E-state index contributed by atoms with van der Waals surface area (Å²) >= 11 is 0. The maximum atomic E-state index is 13.3. The Morgan fingerprint density at radius 3 is 2.38 bits per heavy atom. The fourth-order valence-corrected chi connectivity index (χ4v) is 2.07. The minimum atomic E-state index is -4.72. The van der Waals surface area contributed by atoms with Crippen LogP contribution in [0.1, 0.15) is 15.9 Å². The van der Waals surface area contributed by atoms with Gasteiger partial charge in [-0.15, -0.1) is 0 Å². The van der Waals surface area contributed by atoms with Crippen molar-refractivity contribution in [2.24, 2.45) is 11.5 Å². The minimum Gasteiger partial charge on any atom is -0.489 e. The topological polar surface area (TPSA) is 91.2 Å². The van der Waals surface area contributed by atoms with Crippen molar-refractivity contribution in [1.29, 1.82) is 0 Å². The molecule has 0 unspecified atom stereocenters. The van der Waals surface area contributed by atoms with Gasteiger partial charge in [0.25, 0.3) is 0 Å². The molecule has 0 atom stereocenters. The van der Waals surface area contributed by atoms with Crippen LogP contribution >= 0.6 is 0 Å². The molecule has 2 rings (SSSR count). The third-order valence-electron chi connectivity index (χ3n) is 3.45. The van der Waals surface area contributed by atoms with Gasteiger partial charge in [-0.2, -0.15) is 13.2 Å². The molecule has 0 aliphatic carbocycles. The molecular weight excluding hydrogens is 354 g/mol. The van der Waals surface area contributed by atoms with Crippen molar-refractivity contribution >= 4 is 5.91 Å². The minimum absolute atomic E-state index is 0.0142. The van der Waals surface area contributed by atoms with E-state index in [1.54, 1.807) is 0 Å². The summed E-state index contributed by atoms with van der Waals surface area (Å²) in [7, 11) is 0. The van der Waals surface area contributed by atoms with Crippen LogP contribution in [0, 0.1) is 0 Å². The first kappa shape index (κ1) is 19.4. The Labute approximate surface area is 146 Å². The fraction of sp³-hybridized carbons (Fsp3) is 0.176. The summed E-state index contributed by atoms with van der Waals surface area (Å²) in [5.74, 6) is -0.682. The van der Waals surface area contributed by atoms with Crippen LogP contribution in [0.25, 0.3) is 11.3 Å². The summed E-state index contributed by atoms with van der Waals surface area (Å²) in [6.07, 6.45) is -3.39. The van der Waals surface area contributed by atoms with Gasteiger partial charge in [0.15, 0.2) is 0 Å². The number of halogens is 4. The van der Waals surface area contributed by atoms with Gasteiger partial charge >= 0.3 is 6.18 Å². The number of aromatic nitrogens is 1. The third kappa shape index (κ3) is 4.57. The molecule has 0 radical (unpaired) electrons. The van der Waals surface area contributed by atoms with E-state index >= 15 is 0 Å². The van der Waals surface area contributed by atoms with Gasteiger partial charge < -0.3 is 16.2 Å². The number of carbonyl (C=O) groups excluding carboxylic acids is 1. The molecule has 0 aliphatic heterocycles. The zero-order valence-corrected chi connectivity index (χ0v) is 13.4. The Hall–Kier alpha value is -2.94. The third-order valence-corrected chi connectivity index (χ3v) is 3.45. The molecule has 26 heavy (non-hydrogen) atoms. The highest BCUT2D eigenvalue weighted by atomic mass is 19.4. The summed E-state index contributed by atoms with van der Waals surface area (Å²) in [6, 6.07) is 6.25. The van der Waals surface area contributed by atoms with Crippen LogP contribution in [-0.4, -0.2) is 24.0 Å². The molecule has 1 aromatic heterocycles. The second kappa shape index (κ2) is 7.96. The van der Waals surface area contributed by atoms with Gasteiger partial charge in [0, 0.05) is 23.9 Å². The predicted molar refractivity (Wildman–Crippen MR) is 86.9 cm³/mol. The Kier molecular flexibility index (Phi) is 5.93. The average molecular weight is 369 g/mol. The lowest BCUT2D eigenvalue weighted by molar-refractivity contribution is -0.137. The Bertz CT molecular complexity index is 818. The number of benzene rings is 1. The van der Waals surface area contributed by atoms with E-state index in [0.29, 0.717) is 18.1 Å². The number of ether oxygens (including phenoxy) is 1. The van der Waals surface area contributed by atoms with Gasteiger partial charge in [0.1, 0.15) is 12.4 Å². The lowest BCUT2D eigenvalue weighted by atomic mass is 10.0. The zero-order valence-electron chi connectivity index (χ0n) is 13.4. The number of rotatable bonds is 6. The van der Waals surface area contributed by atoms with Crippen molar-refractivity contribution < 1.29 is 27.1 Å². The molecule has 0 aliphatic rings. The first-order chi connectivity index (χ1) is 12.3. The van der Waals surface area contributed by atoms with Crippen LogP contribution in [0.4, 0.5) is 17.6 Å². The number of hydrogen-bond donors (Lipinski definition) is 2. The van der Waals surface area contributed by atoms with Crippen LogP contribution in [0.5, 0.6) is 5.75 Å². The lowest BCUT2D eigenvalue weighted by Gasteiger charge is -2.13. The summed E-state index contributed by atoms with van der Waals surface area (Å²) in [5.41, 5.74) is 8.95. The lowest BCUT2D eigenvalue weighted by Crippen LogP contribution is -2.15. The number of alkyl halides is 3. The van der Waals surface area contributed by atoms with E-state index < -0.39 is 17.6 Å². The zero-order chi connectivity index (χ0) is 19.3. The van der Waals surface area contributed by atoms with E-state index in [1.165, 1.54) is 24.3 Å². The smallest absolute Gasteiger partial charge is 0.418 e. The predicted octanol–water partition coefficient (Wildman–Crippen LogP) is 3.06. The number of carbonyl (C=O) groups is 1. The summed E-state index contributed by atoms with van der Waals surface area (Å²) in [6.45, 7) is -0.0919. The van der Waals surface area contributed by atoms with Crippen molar-refractivity contribution in [3.8, 4) is 17.0 Å². The number of primary amides is 1. The Morgan fingerprint density at radius 2 is 1.88 bits per heavy atom. The molecule has 1 aromatic carbocycles. The normalized spacial score (nSPS) is 12.1. The second-order valence-electron chi connectivity index (χ2n) is 5.27. The Balaban J connectivity index is 2.32. The quantitative estimate of drug-likeness (QED) is 0.766. The van der Waals surface area contributed by atoms with Crippen LogP contribution in [0.2, 0.25) is 0 Å². The molecule has 4 N–H and O–H groups in total. The molecular formula is C17H15F4N3O2. The first-order valence-corrected chi connectivity index (χ1v) is 7.34. The van der Waals surface area contributed by atoms with Crippen LogP contribution < -0.4 is 16.2 Å². The van der Waals surface area contributed by atoms with Gasteiger partial charge in [-0.25, -0.2) is 4.39 Å². The fourth-order valence-electron chi connectivity index (χ4n) is 2.07.